The van der Waals surface area contributed by atoms with Crippen LogP contribution in [-0.4, -0.2) is 37.8 Å². The van der Waals surface area contributed by atoms with E-state index in [2.05, 4.69) is 10.1 Å². The lowest BCUT2D eigenvalue weighted by Gasteiger charge is -1.98. The topological polar surface area (TPSA) is 97.5 Å². The lowest BCUT2D eigenvalue weighted by atomic mass is 10.3. The first-order valence-corrected chi connectivity index (χ1v) is 5.20. The van der Waals surface area contributed by atoms with Crippen LogP contribution >= 0.6 is 11.6 Å². The summed E-state index contributed by atoms with van der Waals surface area (Å²) in [5.41, 5.74) is 0.639. The minimum absolute atomic E-state index is 0.0170. The Bertz CT molecular complexity index is 584. The second kappa shape index (κ2) is 4.92. The maximum atomic E-state index is 10.3. The van der Waals surface area contributed by atoms with Crippen LogP contribution in [0, 0.1) is 0 Å². The number of nitrogens with zero attached hydrogens (tertiary/aromatic N) is 3. The number of aromatic nitrogens is 3. The van der Waals surface area contributed by atoms with Crippen molar-refractivity contribution < 1.29 is 19.8 Å². The molecule has 0 saturated carbocycles. The van der Waals surface area contributed by atoms with Gasteiger partial charge in [-0.2, -0.15) is 0 Å². The monoisotopic (exact) mass is 269 g/mol. The highest BCUT2D eigenvalue weighted by Crippen LogP contribution is 2.23. The van der Waals surface area contributed by atoms with E-state index in [1.165, 1.54) is 18.3 Å². The first-order chi connectivity index (χ1) is 8.56. The summed E-state index contributed by atoms with van der Waals surface area (Å²) >= 11 is 5.80. The summed E-state index contributed by atoms with van der Waals surface area (Å²) in [6.45, 7) is -0.542. The Morgan fingerprint density at radius 2 is 2.28 bits per heavy atom. The first kappa shape index (κ1) is 12.2. The summed E-state index contributed by atoms with van der Waals surface area (Å²) in [6, 6.07) is 4.48. The van der Waals surface area contributed by atoms with Crippen LogP contribution in [0.25, 0.3) is 11.4 Å². The van der Waals surface area contributed by atoms with Crippen molar-refractivity contribution in [1.82, 2.24) is 14.9 Å². The first-order valence-electron chi connectivity index (χ1n) is 4.82. The van der Waals surface area contributed by atoms with Crippen molar-refractivity contribution in [3.05, 3.63) is 29.4 Å². The average Bonchev–Trinajstić information content (AvgIpc) is 2.68. The fourth-order valence-corrected chi connectivity index (χ4v) is 1.44. The molecule has 0 atom stereocenters. The van der Waals surface area contributed by atoms with Crippen LogP contribution < -0.4 is 4.74 Å². The van der Waals surface area contributed by atoms with E-state index in [0.717, 1.165) is 0 Å². The quantitative estimate of drug-likeness (QED) is 0.812. The van der Waals surface area contributed by atoms with E-state index in [1.54, 1.807) is 6.07 Å². The SMILES string of the molecule is O=C(O)COc1cc(-c2cc(Cl)ccn2)n(O)n1. The highest BCUT2D eigenvalue weighted by atomic mass is 35.5. The van der Waals surface area contributed by atoms with Gasteiger partial charge in [0.25, 0.3) is 0 Å². The molecule has 0 bridgehead atoms. The lowest BCUT2D eigenvalue weighted by Crippen LogP contribution is -2.09. The van der Waals surface area contributed by atoms with E-state index in [-0.39, 0.29) is 11.6 Å². The van der Waals surface area contributed by atoms with Crippen molar-refractivity contribution in [3.8, 4) is 17.3 Å². The molecule has 2 heterocycles. The van der Waals surface area contributed by atoms with Gasteiger partial charge in [-0.1, -0.05) is 21.5 Å². The Balaban J connectivity index is 2.26. The standard InChI is InChI=1S/C10H8ClN3O4/c11-6-1-2-12-7(3-6)8-4-9(13-14(8)17)18-5-10(15)16/h1-4,17H,5H2,(H,15,16). The molecule has 2 aromatic rings. The van der Waals surface area contributed by atoms with Gasteiger partial charge in [0.1, 0.15) is 5.69 Å². The van der Waals surface area contributed by atoms with E-state index in [4.69, 9.17) is 21.4 Å². The zero-order valence-corrected chi connectivity index (χ0v) is 9.70. The Hall–Kier alpha value is -2.28. The van der Waals surface area contributed by atoms with Crippen molar-refractivity contribution in [1.29, 1.82) is 0 Å². The number of carboxylic acid groups (broad SMARTS) is 1. The minimum atomic E-state index is -1.13. The summed E-state index contributed by atoms with van der Waals surface area (Å²) in [6.07, 6.45) is 1.47. The predicted molar refractivity (Wildman–Crippen MR) is 60.8 cm³/mol. The molecular formula is C10H8ClN3O4. The van der Waals surface area contributed by atoms with E-state index in [0.29, 0.717) is 15.6 Å². The molecule has 0 aliphatic rings. The molecule has 0 aromatic carbocycles. The number of aliphatic carboxylic acids is 1. The lowest BCUT2D eigenvalue weighted by molar-refractivity contribution is -0.139. The average molecular weight is 270 g/mol. The highest BCUT2D eigenvalue weighted by Gasteiger charge is 2.12. The molecule has 0 aliphatic heterocycles. The molecule has 7 nitrogen and oxygen atoms in total. The van der Waals surface area contributed by atoms with Gasteiger partial charge >= 0.3 is 5.97 Å². The molecule has 2 rings (SSSR count). The Labute approximate surface area is 106 Å². The van der Waals surface area contributed by atoms with Crippen LogP contribution in [-0.2, 0) is 4.79 Å². The number of carbonyl (C=O) groups is 1. The fraction of sp³-hybridized carbons (Fsp3) is 0.100. The van der Waals surface area contributed by atoms with Crippen LogP contribution in [0.5, 0.6) is 5.88 Å². The molecular weight excluding hydrogens is 262 g/mol. The van der Waals surface area contributed by atoms with Crippen LogP contribution in [0.15, 0.2) is 24.4 Å². The number of hydrogen-bond acceptors (Lipinski definition) is 5. The second-order valence-corrected chi connectivity index (χ2v) is 3.74. The van der Waals surface area contributed by atoms with Crippen LogP contribution in [0.3, 0.4) is 0 Å². The summed E-state index contributed by atoms with van der Waals surface area (Å²) in [5, 5.41) is 22.0. The van der Waals surface area contributed by atoms with Gasteiger partial charge in [0.2, 0.25) is 5.88 Å². The van der Waals surface area contributed by atoms with E-state index >= 15 is 0 Å². The summed E-state index contributed by atoms with van der Waals surface area (Å²) in [7, 11) is 0. The van der Waals surface area contributed by atoms with Crippen molar-refractivity contribution in [2.24, 2.45) is 0 Å². The number of pyridine rings is 1. The summed E-state index contributed by atoms with van der Waals surface area (Å²) in [4.78, 5) is 14.9. The van der Waals surface area contributed by atoms with Gasteiger partial charge < -0.3 is 15.1 Å². The number of hydrogen-bond donors (Lipinski definition) is 2. The predicted octanol–water partition coefficient (Wildman–Crippen LogP) is 1.30. The van der Waals surface area contributed by atoms with Gasteiger partial charge in [0.15, 0.2) is 6.61 Å². The van der Waals surface area contributed by atoms with Crippen molar-refractivity contribution in [3.63, 3.8) is 0 Å². The molecule has 18 heavy (non-hydrogen) atoms. The van der Waals surface area contributed by atoms with Crippen molar-refractivity contribution in [2.45, 2.75) is 0 Å². The summed E-state index contributed by atoms with van der Waals surface area (Å²) < 4.78 is 4.83. The summed E-state index contributed by atoms with van der Waals surface area (Å²) in [5.74, 6) is -1.15. The van der Waals surface area contributed by atoms with Gasteiger partial charge in [-0.05, 0) is 12.1 Å². The number of rotatable bonds is 4. The zero-order chi connectivity index (χ0) is 13.1. The highest BCUT2D eigenvalue weighted by molar-refractivity contribution is 6.30. The molecule has 94 valence electrons. The van der Waals surface area contributed by atoms with Crippen LogP contribution in [0.4, 0.5) is 0 Å². The molecule has 0 amide bonds. The third-order valence-electron chi connectivity index (χ3n) is 2.00. The molecule has 0 fully saturated rings. The van der Waals surface area contributed by atoms with Gasteiger partial charge in [-0.3, -0.25) is 4.98 Å². The molecule has 0 aliphatic carbocycles. The largest absolute Gasteiger partial charge is 0.479 e. The van der Waals surface area contributed by atoms with Crippen LogP contribution in [0.2, 0.25) is 5.02 Å². The van der Waals surface area contributed by atoms with Crippen molar-refractivity contribution in [2.75, 3.05) is 6.61 Å². The third kappa shape index (κ3) is 2.69. The van der Waals surface area contributed by atoms with Gasteiger partial charge in [-0.15, -0.1) is 0 Å². The zero-order valence-electron chi connectivity index (χ0n) is 8.95. The smallest absolute Gasteiger partial charge is 0.341 e. The molecule has 2 N–H and O–H groups in total. The molecule has 2 aromatic heterocycles. The normalized spacial score (nSPS) is 10.3. The fourth-order valence-electron chi connectivity index (χ4n) is 1.28. The Kier molecular flexibility index (Phi) is 3.33. The van der Waals surface area contributed by atoms with E-state index < -0.39 is 12.6 Å². The maximum absolute atomic E-state index is 10.3. The van der Waals surface area contributed by atoms with Gasteiger partial charge in [-0.25, -0.2) is 4.79 Å². The maximum Gasteiger partial charge on any atom is 0.341 e. The number of halogens is 1. The second-order valence-electron chi connectivity index (χ2n) is 3.30. The Morgan fingerprint density at radius 1 is 1.50 bits per heavy atom. The molecule has 0 unspecified atom stereocenters. The number of ether oxygens (including phenoxy) is 1. The van der Waals surface area contributed by atoms with E-state index in [9.17, 15) is 10.0 Å². The third-order valence-corrected chi connectivity index (χ3v) is 2.23. The van der Waals surface area contributed by atoms with Crippen LogP contribution in [0.1, 0.15) is 0 Å². The molecule has 8 heteroatoms. The molecule has 0 saturated heterocycles. The van der Waals surface area contributed by atoms with Crippen molar-refractivity contribution >= 4 is 17.6 Å². The van der Waals surface area contributed by atoms with E-state index in [1.807, 2.05) is 0 Å². The minimum Gasteiger partial charge on any atom is -0.479 e. The Morgan fingerprint density at radius 3 is 2.94 bits per heavy atom. The molecule has 0 spiro atoms. The van der Waals surface area contributed by atoms with Gasteiger partial charge in [0, 0.05) is 17.3 Å². The number of carboxylic acids is 1. The molecule has 0 radical (unpaired) electrons. The van der Waals surface area contributed by atoms with Gasteiger partial charge in [0.05, 0.1) is 5.69 Å².